The van der Waals surface area contributed by atoms with Gasteiger partial charge in [0.2, 0.25) is 0 Å². The molecule has 0 bridgehead atoms. The smallest absolute Gasteiger partial charge is 0.0659 e. The molecule has 1 aliphatic rings. The summed E-state index contributed by atoms with van der Waals surface area (Å²) in [6.07, 6.45) is 7.14. The van der Waals surface area contributed by atoms with E-state index in [0.29, 0.717) is 5.92 Å². The number of hydrogen-bond donors (Lipinski definition) is 2. The first-order chi connectivity index (χ1) is 8.60. The maximum Gasteiger partial charge on any atom is 0.0659 e. The Morgan fingerprint density at radius 1 is 1.22 bits per heavy atom. The Morgan fingerprint density at radius 2 is 1.89 bits per heavy atom. The molecular formula is C15H31NO2. The Labute approximate surface area is 112 Å². The van der Waals surface area contributed by atoms with Gasteiger partial charge in [-0.15, -0.1) is 0 Å². The lowest BCUT2D eigenvalue weighted by Crippen LogP contribution is -2.40. The van der Waals surface area contributed by atoms with Gasteiger partial charge in [0.25, 0.3) is 0 Å². The molecule has 0 radical (unpaired) electrons. The van der Waals surface area contributed by atoms with Gasteiger partial charge >= 0.3 is 0 Å². The highest BCUT2D eigenvalue weighted by atomic mass is 16.5. The van der Waals surface area contributed by atoms with E-state index in [1.165, 1.54) is 32.1 Å². The van der Waals surface area contributed by atoms with Crippen LogP contribution in [-0.4, -0.2) is 37.5 Å². The molecule has 1 saturated carbocycles. The summed E-state index contributed by atoms with van der Waals surface area (Å²) in [6, 6.07) is 0. The second-order valence-electron chi connectivity index (χ2n) is 5.98. The molecule has 2 N–H and O–H groups in total. The van der Waals surface area contributed by atoms with Gasteiger partial charge in [0.1, 0.15) is 0 Å². The zero-order valence-corrected chi connectivity index (χ0v) is 12.4. The third-order valence-electron chi connectivity index (χ3n) is 4.59. The van der Waals surface area contributed by atoms with Crippen LogP contribution in [0.4, 0.5) is 0 Å². The Morgan fingerprint density at radius 3 is 2.44 bits per heavy atom. The number of nitrogens with one attached hydrogen (secondary N) is 1. The van der Waals surface area contributed by atoms with Crippen LogP contribution in [0.2, 0.25) is 0 Å². The van der Waals surface area contributed by atoms with E-state index in [4.69, 9.17) is 4.74 Å². The molecular weight excluding hydrogens is 226 g/mol. The molecule has 3 nitrogen and oxygen atoms in total. The first-order valence-corrected chi connectivity index (χ1v) is 7.52. The number of rotatable bonds is 8. The molecule has 0 spiro atoms. The van der Waals surface area contributed by atoms with Crippen LogP contribution in [-0.2, 0) is 4.74 Å². The van der Waals surface area contributed by atoms with Crippen molar-refractivity contribution in [2.45, 2.75) is 58.0 Å². The van der Waals surface area contributed by atoms with Gasteiger partial charge in [0.15, 0.2) is 0 Å². The van der Waals surface area contributed by atoms with Gasteiger partial charge in [-0.2, -0.15) is 0 Å². The minimum absolute atomic E-state index is 0.490. The Kier molecular flexibility index (Phi) is 7.20. The van der Waals surface area contributed by atoms with E-state index in [9.17, 15) is 5.11 Å². The lowest BCUT2D eigenvalue weighted by molar-refractivity contribution is -0.0289. The molecule has 0 amide bonds. The van der Waals surface area contributed by atoms with Crippen molar-refractivity contribution in [3.05, 3.63) is 0 Å². The van der Waals surface area contributed by atoms with Gasteiger partial charge in [0.05, 0.1) is 12.2 Å². The maximum atomic E-state index is 10.6. The molecule has 0 heterocycles. The maximum absolute atomic E-state index is 10.6. The number of methoxy groups -OCH3 is 1. The van der Waals surface area contributed by atoms with E-state index in [0.717, 1.165) is 32.0 Å². The molecule has 1 unspecified atom stereocenters. The monoisotopic (exact) mass is 257 g/mol. The zero-order valence-electron chi connectivity index (χ0n) is 12.4. The Bertz CT molecular complexity index is 211. The molecule has 0 aromatic rings. The number of hydrogen-bond acceptors (Lipinski definition) is 3. The van der Waals surface area contributed by atoms with Crippen LogP contribution in [0.25, 0.3) is 0 Å². The summed E-state index contributed by atoms with van der Waals surface area (Å²) >= 11 is 0. The largest absolute Gasteiger partial charge is 0.390 e. The highest BCUT2D eigenvalue weighted by Gasteiger charge is 2.34. The average Bonchev–Trinajstić information content (AvgIpc) is 2.38. The second kappa shape index (κ2) is 8.13. The van der Waals surface area contributed by atoms with E-state index < -0.39 is 5.60 Å². The summed E-state index contributed by atoms with van der Waals surface area (Å²) in [5.74, 6) is 1.39. The SMILES string of the molecule is CCC1CCC(C(C)(O)CCNCCOC)CC1. The zero-order chi connectivity index (χ0) is 13.4. The molecule has 0 saturated heterocycles. The van der Waals surface area contributed by atoms with Crippen LogP contribution in [0.5, 0.6) is 0 Å². The van der Waals surface area contributed by atoms with E-state index in [2.05, 4.69) is 12.2 Å². The minimum atomic E-state index is -0.501. The van der Waals surface area contributed by atoms with Crippen molar-refractivity contribution in [2.75, 3.05) is 26.8 Å². The molecule has 0 aromatic heterocycles. The van der Waals surface area contributed by atoms with Crippen LogP contribution in [0.3, 0.4) is 0 Å². The third-order valence-corrected chi connectivity index (χ3v) is 4.59. The lowest BCUT2D eigenvalue weighted by Gasteiger charge is -2.38. The van der Waals surface area contributed by atoms with Crippen LogP contribution >= 0.6 is 0 Å². The topological polar surface area (TPSA) is 41.5 Å². The van der Waals surface area contributed by atoms with Gasteiger partial charge in [0, 0.05) is 13.7 Å². The standard InChI is InChI=1S/C15H31NO2/c1-4-13-5-7-14(8-6-13)15(2,17)9-10-16-11-12-18-3/h13-14,16-17H,4-12H2,1-3H3. The first-order valence-electron chi connectivity index (χ1n) is 7.52. The third kappa shape index (κ3) is 5.25. The summed E-state index contributed by atoms with van der Waals surface area (Å²) in [6.45, 7) is 6.79. The fraction of sp³-hybridized carbons (Fsp3) is 1.00. The summed E-state index contributed by atoms with van der Waals surface area (Å²) in [5.41, 5.74) is -0.501. The molecule has 1 rings (SSSR count). The van der Waals surface area contributed by atoms with Crippen molar-refractivity contribution >= 4 is 0 Å². The van der Waals surface area contributed by atoms with Crippen molar-refractivity contribution in [3.8, 4) is 0 Å². The van der Waals surface area contributed by atoms with E-state index in [1.54, 1.807) is 7.11 Å². The molecule has 0 aliphatic heterocycles. The van der Waals surface area contributed by atoms with Gasteiger partial charge in [-0.05, 0) is 44.6 Å². The van der Waals surface area contributed by atoms with Gasteiger partial charge in [-0.1, -0.05) is 26.2 Å². The van der Waals surface area contributed by atoms with Gasteiger partial charge < -0.3 is 15.2 Å². The van der Waals surface area contributed by atoms with Gasteiger partial charge in [-0.25, -0.2) is 0 Å². The highest BCUT2D eigenvalue weighted by molar-refractivity contribution is 4.86. The molecule has 0 aromatic carbocycles. The summed E-state index contributed by atoms with van der Waals surface area (Å²) in [7, 11) is 1.71. The summed E-state index contributed by atoms with van der Waals surface area (Å²) in [5, 5.41) is 13.9. The van der Waals surface area contributed by atoms with Crippen molar-refractivity contribution in [1.82, 2.24) is 5.32 Å². The van der Waals surface area contributed by atoms with Crippen molar-refractivity contribution in [3.63, 3.8) is 0 Å². The Hall–Kier alpha value is -0.120. The fourth-order valence-electron chi connectivity index (χ4n) is 3.04. The average molecular weight is 257 g/mol. The summed E-state index contributed by atoms with van der Waals surface area (Å²) < 4.78 is 4.99. The predicted molar refractivity (Wildman–Crippen MR) is 75.7 cm³/mol. The quantitative estimate of drug-likeness (QED) is 0.657. The molecule has 3 heteroatoms. The van der Waals surface area contributed by atoms with Crippen LogP contribution in [0, 0.1) is 11.8 Å². The fourth-order valence-corrected chi connectivity index (χ4v) is 3.04. The van der Waals surface area contributed by atoms with Gasteiger partial charge in [-0.3, -0.25) is 0 Å². The normalized spacial score (nSPS) is 28.0. The first kappa shape index (κ1) is 15.9. The van der Waals surface area contributed by atoms with E-state index >= 15 is 0 Å². The molecule has 18 heavy (non-hydrogen) atoms. The lowest BCUT2D eigenvalue weighted by atomic mass is 9.72. The van der Waals surface area contributed by atoms with Crippen LogP contribution in [0.15, 0.2) is 0 Å². The van der Waals surface area contributed by atoms with Crippen LogP contribution in [0.1, 0.15) is 52.4 Å². The molecule has 1 aliphatic carbocycles. The minimum Gasteiger partial charge on any atom is -0.390 e. The van der Waals surface area contributed by atoms with Crippen molar-refractivity contribution in [1.29, 1.82) is 0 Å². The number of aliphatic hydroxyl groups is 1. The van der Waals surface area contributed by atoms with E-state index in [-0.39, 0.29) is 0 Å². The predicted octanol–water partition coefficient (Wildman–Crippen LogP) is 2.58. The number of ether oxygens (including phenoxy) is 1. The van der Waals surface area contributed by atoms with E-state index in [1.807, 2.05) is 6.92 Å². The molecule has 1 atom stereocenters. The second-order valence-corrected chi connectivity index (χ2v) is 5.98. The van der Waals surface area contributed by atoms with Crippen LogP contribution < -0.4 is 5.32 Å². The molecule has 1 fully saturated rings. The molecule has 108 valence electrons. The van der Waals surface area contributed by atoms with Crippen molar-refractivity contribution < 1.29 is 9.84 Å². The Balaban J connectivity index is 2.21. The summed E-state index contributed by atoms with van der Waals surface area (Å²) in [4.78, 5) is 0. The highest BCUT2D eigenvalue weighted by Crippen LogP contribution is 2.37. The van der Waals surface area contributed by atoms with Crippen molar-refractivity contribution in [2.24, 2.45) is 11.8 Å².